The molecule has 0 heterocycles. The van der Waals surface area contributed by atoms with Crippen LogP contribution in [0.4, 0.5) is 0 Å². The fraction of sp³-hybridized carbons (Fsp3) is 0.893. The average molecular weight is 500 g/mol. The van der Waals surface area contributed by atoms with Crippen LogP contribution in [0.2, 0.25) is 0 Å². The molecule has 1 N–H and O–H groups in total. The average Bonchev–Trinajstić information content (AvgIpc) is 2.73. The second-order valence-corrected chi connectivity index (χ2v) is 12.3. The lowest BCUT2D eigenvalue weighted by molar-refractivity contribution is -0.127. The van der Waals surface area contributed by atoms with E-state index in [1.165, 1.54) is 0 Å². The highest BCUT2D eigenvalue weighted by atomic mass is 16.5. The van der Waals surface area contributed by atoms with E-state index in [1.54, 1.807) is 6.92 Å². The van der Waals surface area contributed by atoms with Crippen molar-refractivity contribution in [2.45, 2.75) is 94.0 Å². The molecule has 0 aliphatic carbocycles. The fourth-order valence-electron chi connectivity index (χ4n) is 2.99. The van der Waals surface area contributed by atoms with Crippen LogP contribution in [0.25, 0.3) is 0 Å². The van der Waals surface area contributed by atoms with E-state index < -0.39 is 16.4 Å². The van der Waals surface area contributed by atoms with Gasteiger partial charge in [-0.15, -0.1) is 0 Å². The number of carbonyl (C=O) groups is 3. The van der Waals surface area contributed by atoms with Crippen molar-refractivity contribution in [3.8, 4) is 0 Å². The van der Waals surface area contributed by atoms with Gasteiger partial charge in [-0.3, -0.25) is 14.4 Å². The predicted molar refractivity (Wildman–Crippen MR) is 141 cm³/mol. The van der Waals surface area contributed by atoms with Gasteiger partial charge in [0, 0.05) is 30.1 Å². The molecular weight excluding hydrogens is 446 g/mol. The van der Waals surface area contributed by atoms with Gasteiger partial charge < -0.3 is 19.5 Å². The Balaban J connectivity index is 5.34. The molecule has 0 saturated heterocycles. The van der Waals surface area contributed by atoms with E-state index in [9.17, 15) is 14.4 Å². The van der Waals surface area contributed by atoms with Crippen molar-refractivity contribution in [1.29, 1.82) is 0 Å². The molecule has 7 heteroatoms. The molecule has 206 valence electrons. The van der Waals surface area contributed by atoms with Crippen molar-refractivity contribution in [1.82, 2.24) is 5.32 Å². The Kier molecular flexibility index (Phi) is 15.3. The number of nitrogens with one attached hydrogen (secondary N) is 1. The SMILES string of the molecule is CC(=O)CCOCC(COCCC(=O)C(C)(C)C)(COCCC(=O)C(C)(C)C)NCC(C)C(C)C. The van der Waals surface area contributed by atoms with Crippen LogP contribution in [-0.2, 0) is 28.6 Å². The molecule has 0 rings (SSSR count). The summed E-state index contributed by atoms with van der Waals surface area (Å²) in [5.41, 5.74) is -1.46. The zero-order chi connectivity index (χ0) is 27.3. The second-order valence-electron chi connectivity index (χ2n) is 12.3. The summed E-state index contributed by atoms with van der Waals surface area (Å²) >= 11 is 0. The second kappa shape index (κ2) is 15.9. The lowest BCUT2D eigenvalue weighted by Gasteiger charge is -2.36. The first kappa shape index (κ1) is 33.8. The molecule has 1 atom stereocenters. The Morgan fingerprint density at radius 3 is 1.37 bits per heavy atom. The first-order valence-electron chi connectivity index (χ1n) is 13.0. The maximum absolute atomic E-state index is 12.3. The quantitative estimate of drug-likeness (QED) is 0.259. The van der Waals surface area contributed by atoms with Crippen LogP contribution in [0, 0.1) is 22.7 Å². The zero-order valence-electron chi connectivity index (χ0n) is 24.2. The van der Waals surface area contributed by atoms with E-state index in [2.05, 4.69) is 26.1 Å². The summed E-state index contributed by atoms with van der Waals surface area (Å²) in [6, 6.07) is 0. The van der Waals surface area contributed by atoms with E-state index in [0.29, 0.717) is 70.7 Å². The molecule has 0 aromatic heterocycles. The van der Waals surface area contributed by atoms with E-state index >= 15 is 0 Å². The van der Waals surface area contributed by atoms with Gasteiger partial charge in [0.25, 0.3) is 0 Å². The van der Waals surface area contributed by atoms with Crippen molar-refractivity contribution >= 4 is 17.3 Å². The zero-order valence-corrected chi connectivity index (χ0v) is 24.2. The monoisotopic (exact) mass is 499 g/mol. The minimum atomic E-state index is -0.657. The van der Waals surface area contributed by atoms with Crippen LogP contribution in [0.1, 0.15) is 88.5 Å². The fourth-order valence-corrected chi connectivity index (χ4v) is 2.99. The van der Waals surface area contributed by atoms with Gasteiger partial charge in [0.1, 0.15) is 17.3 Å². The molecule has 0 saturated carbocycles. The molecule has 0 amide bonds. The minimum Gasteiger partial charge on any atom is -0.379 e. The number of ether oxygens (including phenoxy) is 3. The summed E-state index contributed by atoms with van der Waals surface area (Å²) in [7, 11) is 0. The van der Waals surface area contributed by atoms with Crippen LogP contribution in [0.5, 0.6) is 0 Å². The Bertz CT molecular complexity index is 611. The Labute approximate surface area is 214 Å². The van der Waals surface area contributed by atoms with Gasteiger partial charge >= 0.3 is 0 Å². The summed E-state index contributed by atoms with van der Waals surface area (Å²) < 4.78 is 17.9. The summed E-state index contributed by atoms with van der Waals surface area (Å²) in [5.74, 6) is 1.29. The van der Waals surface area contributed by atoms with Gasteiger partial charge in [0.05, 0.1) is 45.2 Å². The largest absolute Gasteiger partial charge is 0.379 e. The van der Waals surface area contributed by atoms with Gasteiger partial charge in [-0.05, 0) is 25.3 Å². The lowest BCUT2D eigenvalue weighted by Crippen LogP contribution is -2.58. The topological polar surface area (TPSA) is 90.9 Å². The third-order valence-electron chi connectivity index (χ3n) is 6.29. The Morgan fingerprint density at radius 2 is 1.06 bits per heavy atom. The lowest BCUT2D eigenvalue weighted by atomic mass is 9.89. The molecule has 35 heavy (non-hydrogen) atoms. The van der Waals surface area contributed by atoms with Gasteiger partial charge in [-0.25, -0.2) is 0 Å². The van der Waals surface area contributed by atoms with E-state index in [1.807, 2.05) is 41.5 Å². The van der Waals surface area contributed by atoms with Crippen LogP contribution < -0.4 is 5.32 Å². The molecule has 7 nitrogen and oxygen atoms in total. The number of carbonyl (C=O) groups excluding carboxylic acids is 3. The summed E-state index contributed by atoms with van der Waals surface area (Å²) in [6.45, 7) is 22.1. The molecule has 1 unspecified atom stereocenters. The van der Waals surface area contributed by atoms with E-state index in [4.69, 9.17) is 14.2 Å². The highest BCUT2D eigenvalue weighted by Crippen LogP contribution is 2.19. The molecule has 0 aliphatic rings. The third kappa shape index (κ3) is 15.5. The normalized spacial score (nSPS) is 13.8. The van der Waals surface area contributed by atoms with Crippen LogP contribution in [0.3, 0.4) is 0 Å². The highest BCUT2D eigenvalue weighted by molar-refractivity contribution is 5.84. The van der Waals surface area contributed by atoms with Crippen molar-refractivity contribution in [3.05, 3.63) is 0 Å². The highest BCUT2D eigenvalue weighted by Gasteiger charge is 2.33. The maximum Gasteiger partial charge on any atom is 0.140 e. The Hall–Kier alpha value is -1.15. The molecular formula is C28H53NO6. The number of ketones is 3. The summed E-state index contributed by atoms with van der Waals surface area (Å²) in [5, 5.41) is 3.61. The maximum atomic E-state index is 12.3. The van der Waals surface area contributed by atoms with Gasteiger partial charge in [0.2, 0.25) is 0 Å². The van der Waals surface area contributed by atoms with Gasteiger partial charge in [-0.2, -0.15) is 0 Å². The van der Waals surface area contributed by atoms with Gasteiger partial charge in [0.15, 0.2) is 0 Å². The number of Topliss-reactive ketones (excluding diaryl/α,β-unsaturated/α-hetero) is 3. The van der Waals surface area contributed by atoms with Crippen molar-refractivity contribution in [3.63, 3.8) is 0 Å². The molecule has 0 aliphatic heterocycles. The first-order valence-corrected chi connectivity index (χ1v) is 13.0. The van der Waals surface area contributed by atoms with Gasteiger partial charge in [-0.1, -0.05) is 62.3 Å². The number of hydrogen-bond donors (Lipinski definition) is 1. The molecule has 0 aromatic rings. The summed E-state index contributed by atoms with van der Waals surface area (Å²) in [6.07, 6.45) is 1.03. The standard InChI is InChI=1S/C28H53NO6/c1-21(2)22(3)17-29-28(18-33-14-11-23(4)30,19-34-15-12-24(31)26(5,6)7)20-35-16-13-25(32)27(8,9)10/h21-22,29H,11-20H2,1-10H3. The smallest absolute Gasteiger partial charge is 0.140 e. The van der Waals surface area contributed by atoms with Crippen molar-refractivity contribution < 1.29 is 28.6 Å². The van der Waals surface area contributed by atoms with E-state index in [-0.39, 0.29) is 17.3 Å². The molecule has 0 aromatic carbocycles. The molecule has 0 bridgehead atoms. The molecule has 0 fully saturated rings. The first-order chi connectivity index (χ1) is 16.0. The summed E-state index contributed by atoms with van der Waals surface area (Å²) in [4.78, 5) is 36.0. The predicted octanol–water partition coefficient (Wildman–Crippen LogP) is 4.65. The van der Waals surface area contributed by atoms with Crippen LogP contribution >= 0.6 is 0 Å². The number of hydrogen-bond acceptors (Lipinski definition) is 7. The Morgan fingerprint density at radius 1 is 0.686 bits per heavy atom. The van der Waals surface area contributed by atoms with E-state index in [0.717, 1.165) is 6.54 Å². The molecule has 0 spiro atoms. The van der Waals surface area contributed by atoms with Crippen LogP contribution in [0.15, 0.2) is 0 Å². The minimum absolute atomic E-state index is 0.0749. The van der Waals surface area contributed by atoms with Crippen LogP contribution in [-0.4, -0.2) is 69.1 Å². The number of rotatable bonds is 19. The molecule has 0 radical (unpaired) electrons. The van der Waals surface area contributed by atoms with Crippen molar-refractivity contribution in [2.24, 2.45) is 22.7 Å². The third-order valence-corrected chi connectivity index (χ3v) is 6.29. The van der Waals surface area contributed by atoms with Crippen molar-refractivity contribution in [2.75, 3.05) is 46.2 Å².